The van der Waals surface area contributed by atoms with Crippen LogP contribution < -0.4 is 9.47 Å². The number of carbonyl (C=O) groups excluding carboxylic acids is 2. The molecule has 1 aromatic carbocycles. The van der Waals surface area contributed by atoms with Crippen LogP contribution >= 0.6 is 11.8 Å². The van der Waals surface area contributed by atoms with E-state index in [4.69, 9.17) is 28.7 Å². The molecule has 4 rings (SSSR count). The number of thioether (sulfide) groups is 1. The van der Waals surface area contributed by atoms with Crippen molar-refractivity contribution in [3.8, 4) is 11.5 Å². The molecule has 0 spiro atoms. The van der Waals surface area contributed by atoms with Crippen LogP contribution in [0.4, 0.5) is 0 Å². The maximum Gasteiger partial charge on any atom is 0.338 e. The highest BCUT2D eigenvalue weighted by Crippen LogP contribution is 2.47. The maximum absolute atomic E-state index is 13.3. The predicted octanol–water partition coefficient (Wildman–Crippen LogP) is 2.72. The van der Waals surface area contributed by atoms with E-state index in [-0.39, 0.29) is 25.5 Å². The fourth-order valence-electron chi connectivity index (χ4n) is 4.34. The average Bonchev–Trinajstić information content (AvgIpc) is 3.29. The molecule has 10 nitrogen and oxygen atoms in total. The lowest BCUT2D eigenvalue weighted by Gasteiger charge is -2.37. The summed E-state index contributed by atoms with van der Waals surface area (Å²) >= 11 is 1.43. The van der Waals surface area contributed by atoms with E-state index >= 15 is 0 Å². The van der Waals surface area contributed by atoms with Gasteiger partial charge in [-0.1, -0.05) is 11.8 Å². The number of benzene rings is 1. The highest BCUT2D eigenvalue weighted by atomic mass is 32.2. The van der Waals surface area contributed by atoms with Crippen LogP contribution in [-0.4, -0.2) is 87.7 Å². The Balaban J connectivity index is 1.72. The van der Waals surface area contributed by atoms with Gasteiger partial charge in [-0.2, -0.15) is 0 Å². The third-order valence-corrected chi connectivity index (χ3v) is 7.06. The minimum absolute atomic E-state index is 0.00217. The minimum atomic E-state index is -0.604. The Bertz CT molecular complexity index is 1100. The minimum Gasteiger partial charge on any atom is -0.497 e. The molecule has 36 heavy (non-hydrogen) atoms. The number of rotatable bonds is 9. The number of amides is 1. The van der Waals surface area contributed by atoms with Gasteiger partial charge in [0.15, 0.2) is 5.17 Å². The predicted molar refractivity (Wildman–Crippen MR) is 135 cm³/mol. The molecule has 0 N–H and O–H groups in total. The third-order valence-electron chi connectivity index (χ3n) is 6.17. The molecule has 3 heterocycles. The summed E-state index contributed by atoms with van der Waals surface area (Å²) in [4.78, 5) is 34.9. The Morgan fingerprint density at radius 3 is 2.61 bits per heavy atom. The molecule has 11 heteroatoms. The largest absolute Gasteiger partial charge is 0.497 e. The van der Waals surface area contributed by atoms with E-state index in [0.29, 0.717) is 54.2 Å². The van der Waals surface area contributed by atoms with Gasteiger partial charge in [0.2, 0.25) is 5.91 Å². The molecule has 3 aliphatic rings. The maximum atomic E-state index is 13.3. The van der Waals surface area contributed by atoms with Gasteiger partial charge in [-0.15, -0.1) is 0 Å². The first-order valence-electron chi connectivity index (χ1n) is 11.7. The summed E-state index contributed by atoms with van der Waals surface area (Å²) in [6.07, 6.45) is 0.173. The lowest BCUT2D eigenvalue weighted by atomic mass is 9.93. The molecule has 194 valence electrons. The number of esters is 1. The van der Waals surface area contributed by atoms with Gasteiger partial charge in [-0.05, 0) is 24.5 Å². The van der Waals surface area contributed by atoms with Gasteiger partial charge in [0.05, 0.1) is 57.8 Å². The fraction of sp³-hybridized carbons (Fsp3) is 0.480. The van der Waals surface area contributed by atoms with E-state index in [1.54, 1.807) is 39.2 Å². The zero-order valence-corrected chi connectivity index (χ0v) is 21.8. The first kappa shape index (κ1) is 26.1. The molecule has 0 aromatic heterocycles. The summed E-state index contributed by atoms with van der Waals surface area (Å²) in [5, 5.41) is 2.61. The van der Waals surface area contributed by atoms with Crippen LogP contribution in [0.3, 0.4) is 0 Å². The van der Waals surface area contributed by atoms with Gasteiger partial charge >= 0.3 is 5.97 Å². The molecule has 0 unspecified atom stereocenters. The number of amidine groups is 1. The molecule has 0 aliphatic carbocycles. The topological polar surface area (TPSA) is 99.1 Å². The highest BCUT2D eigenvalue weighted by molar-refractivity contribution is 8.16. The van der Waals surface area contributed by atoms with Crippen LogP contribution in [0, 0.1) is 0 Å². The van der Waals surface area contributed by atoms with E-state index in [9.17, 15) is 9.59 Å². The number of hydrogen-bond acceptors (Lipinski definition) is 10. The van der Waals surface area contributed by atoms with Crippen molar-refractivity contribution in [3.63, 3.8) is 0 Å². The Labute approximate surface area is 214 Å². The van der Waals surface area contributed by atoms with Crippen molar-refractivity contribution < 1.29 is 33.3 Å². The highest BCUT2D eigenvalue weighted by Gasteiger charge is 2.42. The number of aliphatic imine (C=N–C) groups is 1. The van der Waals surface area contributed by atoms with Crippen LogP contribution in [0.2, 0.25) is 0 Å². The Morgan fingerprint density at radius 1 is 1.14 bits per heavy atom. The van der Waals surface area contributed by atoms with Crippen molar-refractivity contribution in [1.82, 2.24) is 9.80 Å². The van der Waals surface area contributed by atoms with Crippen LogP contribution in [0.1, 0.15) is 24.9 Å². The van der Waals surface area contributed by atoms with Crippen molar-refractivity contribution in [2.75, 3.05) is 60.8 Å². The van der Waals surface area contributed by atoms with E-state index in [1.807, 2.05) is 22.4 Å². The zero-order chi connectivity index (χ0) is 25.7. The second kappa shape index (κ2) is 11.8. The molecule has 0 bridgehead atoms. The average molecular weight is 518 g/mol. The van der Waals surface area contributed by atoms with Gasteiger partial charge in [-0.25, -0.2) is 9.79 Å². The van der Waals surface area contributed by atoms with E-state index in [1.165, 1.54) is 11.8 Å². The third kappa shape index (κ3) is 5.37. The summed E-state index contributed by atoms with van der Waals surface area (Å²) in [5.74, 6) is 0.680. The van der Waals surface area contributed by atoms with Crippen molar-refractivity contribution in [1.29, 1.82) is 0 Å². The van der Waals surface area contributed by atoms with E-state index < -0.39 is 12.0 Å². The Morgan fingerprint density at radius 2 is 1.92 bits per heavy atom. The van der Waals surface area contributed by atoms with Gasteiger partial charge in [-0.3, -0.25) is 4.79 Å². The smallest absolute Gasteiger partial charge is 0.338 e. The first-order valence-corrected chi connectivity index (χ1v) is 12.5. The summed E-state index contributed by atoms with van der Waals surface area (Å²) < 4.78 is 27.0. The van der Waals surface area contributed by atoms with Gasteiger partial charge in [0, 0.05) is 37.5 Å². The first-order chi connectivity index (χ1) is 17.5. The van der Waals surface area contributed by atoms with Crippen molar-refractivity contribution in [3.05, 3.63) is 46.1 Å². The molecule has 1 amide bonds. The summed E-state index contributed by atoms with van der Waals surface area (Å²) in [5.41, 5.74) is 2.42. The molecule has 3 aliphatic heterocycles. The summed E-state index contributed by atoms with van der Waals surface area (Å²) in [7, 11) is 4.70. The van der Waals surface area contributed by atoms with Crippen molar-refractivity contribution >= 4 is 28.8 Å². The number of hydrogen-bond donors (Lipinski definition) is 0. The molecular formula is C25H31N3O7S. The molecule has 1 saturated heterocycles. The lowest BCUT2D eigenvalue weighted by Crippen LogP contribution is -2.42. The Hall–Kier alpha value is -3.02. The monoisotopic (exact) mass is 517 g/mol. The van der Waals surface area contributed by atoms with Gasteiger partial charge < -0.3 is 33.5 Å². The Kier molecular flexibility index (Phi) is 8.55. The van der Waals surface area contributed by atoms with Crippen LogP contribution in [-0.2, 0) is 23.8 Å². The number of ether oxygens (including phenoxy) is 5. The number of nitrogens with zero attached hydrogens (tertiary/aromatic N) is 3. The van der Waals surface area contributed by atoms with E-state index in [0.717, 1.165) is 11.3 Å². The quantitative estimate of drug-likeness (QED) is 0.362. The van der Waals surface area contributed by atoms with E-state index in [2.05, 4.69) is 0 Å². The molecule has 1 fully saturated rings. The number of methoxy groups -OCH3 is 3. The number of morpholine rings is 1. The molecule has 1 atom stereocenters. The van der Waals surface area contributed by atoms with Crippen LogP contribution in [0.5, 0.6) is 11.5 Å². The second-order valence-corrected chi connectivity index (χ2v) is 9.14. The zero-order valence-electron chi connectivity index (χ0n) is 20.9. The SMILES string of the molecule is COCCOC(=O)C1=C(C)N=C2SC=C(CC(=O)N3CCOCC3)N2[C@H]1c1ccc(OC)cc1OC. The fourth-order valence-corrected chi connectivity index (χ4v) is 5.31. The van der Waals surface area contributed by atoms with Crippen molar-refractivity contribution in [2.45, 2.75) is 19.4 Å². The van der Waals surface area contributed by atoms with Gasteiger partial charge in [0.25, 0.3) is 0 Å². The molecular weight excluding hydrogens is 486 g/mol. The van der Waals surface area contributed by atoms with Crippen molar-refractivity contribution in [2.24, 2.45) is 4.99 Å². The number of fused-ring (bicyclic) bond motifs is 1. The standard InChI is InChI=1S/C25H31N3O7S/c1-16-22(24(30)35-12-11-31-2)23(19-6-5-18(32-3)14-20(19)33-4)28-17(15-36-25(28)26-16)13-21(29)27-7-9-34-10-8-27/h5-6,14-15,23H,7-13H2,1-4H3/t23-/m0/s1. The number of allylic oxidation sites excluding steroid dienone is 1. The number of carbonyl (C=O) groups is 2. The van der Waals surface area contributed by atoms with Gasteiger partial charge in [0.1, 0.15) is 18.1 Å². The second-order valence-electron chi connectivity index (χ2n) is 8.30. The summed E-state index contributed by atoms with van der Waals surface area (Å²) in [6, 6.07) is 4.85. The summed E-state index contributed by atoms with van der Waals surface area (Å²) in [6.45, 7) is 4.36. The normalized spacial score (nSPS) is 19.5. The molecule has 0 saturated carbocycles. The van der Waals surface area contributed by atoms with Crippen LogP contribution in [0.25, 0.3) is 0 Å². The molecule has 0 radical (unpaired) electrons. The van der Waals surface area contributed by atoms with Crippen LogP contribution in [0.15, 0.2) is 45.6 Å². The lowest BCUT2D eigenvalue weighted by molar-refractivity contribution is -0.141. The molecule has 1 aromatic rings.